The van der Waals surface area contributed by atoms with Crippen LogP contribution in [0, 0.1) is 0 Å². The van der Waals surface area contributed by atoms with E-state index in [9.17, 15) is 4.79 Å². The normalized spacial score (nSPS) is 19.7. The lowest BCUT2D eigenvalue weighted by atomic mass is 10.0. The summed E-state index contributed by atoms with van der Waals surface area (Å²) in [5, 5.41) is 3.33. The number of carbonyl (C=O) groups excluding carboxylic acids is 1. The largest absolute Gasteiger partial charge is 0.414 e. The summed E-state index contributed by atoms with van der Waals surface area (Å²) in [6, 6.07) is 11.0. The van der Waals surface area contributed by atoms with Gasteiger partial charge in [0, 0.05) is 18.6 Å². The lowest BCUT2D eigenvalue weighted by molar-refractivity contribution is -0.119. The number of rotatable bonds is 8. The Kier molecular flexibility index (Phi) is 6.86. The van der Waals surface area contributed by atoms with E-state index in [-0.39, 0.29) is 17.0 Å². The fraction of sp³-hybridized carbons (Fsp3) is 0.667. The molecule has 1 aromatic carbocycles. The van der Waals surface area contributed by atoms with Crippen molar-refractivity contribution >= 4 is 14.2 Å². The first-order valence-corrected chi connectivity index (χ1v) is 12.6. The van der Waals surface area contributed by atoms with Crippen molar-refractivity contribution in [1.29, 1.82) is 0 Å². The van der Waals surface area contributed by atoms with Crippen LogP contribution in [0.25, 0.3) is 0 Å². The molecule has 1 heterocycles. The summed E-state index contributed by atoms with van der Waals surface area (Å²) in [6.45, 7) is 11.5. The van der Waals surface area contributed by atoms with Gasteiger partial charge in [-0.25, -0.2) is 0 Å². The Morgan fingerprint density at radius 1 is 1.24 bits per heavy atom. The van der Waals surface area contributed by atoms with E-state index in [0.29, 0.717) is 12.5 Å². The summed E-state index contributed by atoms with van der Waals surface area (Å²) in [7, 11) is -1.80. The standard InChI is InChI=1S/C21H35NO2Si/c1-21(2,3)25(4,5)24-19(16-18-14-15-20(23)22-18)13-9-12-17-10-7-6-8-11-17/h6-8,10-11,18-19H,9,12-16H2,1-5H3,(H,22,23)/t18-,19+/m0/s1. The molecule has 1 aromatic rings. The van der Waals surface area contributed by atoms with Gasteiger partial charge in [0.25, 0.3) is 0 Å². The average molecular weight is 362 g/mol. The molecule has 1 aliphatic rings. The maximum atomic E-state index is 11.5. The molecule has 0 radical (unpaired) electrons. The van der Waals surface area contributed by atoms with Gasteiger partial charge in [-0.15, -0.1) is 0 Å². The Balaban J connectivity index is 1.94. The van der Waals surface area contributed by atoms with E-state index in [1.165, 1.54) is 5.56 Å². The number of nitrogens with one attached hydrogen (secondary N) is 1. The predicted octanol–water partition coefficient (Wildman–Crippen LogP) is 5.07. The van der Waals surface area contributed by atoms with Crippen molar-refractivity contribution in [2.75, 3.05) is 0 Å². The molecule has 25 heavy (non-hydrogen) atoms. The van der Waals surface area contributed by atoms with Crippen LogP contribution in [0.4, 0.5) is 0 Å². The third-order valence-electron chi connectivity index (χ3n) is 5.73. The number of benzene rings is 1. The van der Waals surface area contributed by atoms with Crippen LogP contribution in [0.1, 0.15) is 58.4 Å². The molecule has 2 rings (SSSR count). The maximum Gasteiger partial charge on any atom is 0.220 e. The Morgan fingerprint density at radius 2 is 1.92 bits per heavy atom. The van der Waals surface area contributed by atoms with Crippen molar-refractivity contribution in [3.05, 3.63) is 35.9 Å². The van der Waals surface area contributed by atoms with Crippen LogP contribution in [0.2, 0.25) is 18.1 Å². The fourth-order valence-electron chi connectivity index (χ4n) is 3.17. The van der Waals surface area contributed by atoms with Crippen molar-refractivity contribution < 1.29 is 9.22 Å². The van der Waals surface area contributed by atoms with Gasteiger partial charge in [0.1, 0.15) is 0 Å². The van der Waals surface area contributed by atoms with Crippen molar-refractivity contribution in [3.8, 4) is 0 Å². The lowest BCUT2D eigenvalue weighted by Gasteiger charge is -2.40. The third kappa shape index (κ3) is 6.26. The zero-order valence-corrected chi connectivity index (χ0v) is 17.6. The first kappa shape index (κ1) is 20.2. The van der Waals surface area contributed by atoms with Gasteiger partial charge < -0.3 is 9.74 Å². The van der Waals surface area contributed by atoms with E-state index in [2.05, 4.69) is 69.5 Å². The summed E-state index contributed by atoms with van der Waals surface area (Å²) in [5.74, 6) is 0.195. The van der Waals surface area contributed by atoms with E-state index in [1.807, 2.05) is 0 Å². The smallest absolute Gasteiger partial charge is 0.220 e. The SMILES string of the molecule is CC(C)(C)[Si](C)(C)O[C@H](CCCc1ccccc1)C[C@@H]1CCC(=O)N1. The van der Waals surface area contributed by atoms with Gasteiger partial charge in [0.2, 0.25) is 5.91 Å². The summed E-state index contributed by atoms with van der Waals surface area (Å²) in [4.78, 5) is 11.5. The monoisotopic (exact) mass is 361 g/mol. The van der Waals surface area contributed by atoms with Crippen molar-refractivity contribution in [1.82, 2.24) is 5.32 Å². The second-order valence-corrected chi connectivity index (χ2v) is 13.7. The molecule has 0 unspecified atom stereocenters. The first-order valence-electron chi connectivity index (χ1n) is 9.68. The number of carbonyl (C=O) groups is 1. The van der Waals surface area contributed by atoms with Gasteiger partial charge in [0.05, 0.1) is 0 Å². The maximum absolute atomic E-state index is 11.5. The van der Waals surface area contributed by atoms with E-state index in [1.54, 1.807) is 0 Å². The second-order valence-electron chi connectivity index (χ2n) is 8.92. The first-order chi connectivity index (χ1) is 11.7. The van der Waals surface area contributed by atoms with E-state index < -0.39 is 8.32 Å². The van der Waals surface area contributed by atoms with Crippen LogP contribution in [-0.2, 0) is 15.6 Å². The van der Waals surface area contributed by atoms with Gasteiger partial charge in [-0.1, -0.05) is 51.1 Å². The molecule has 4 heteroatoms. The topological polar surface area (TPSA) is 38.3 Å². The zero-order valence-electron chi connectivity index (χ0n) is 16.6. The summed E-state index contributed by atoms with van der Waals surface area (Å²) in [5.41, 5.74) is 1.39. The van der Waals surface area contributed by atoms with Crippen LogP contribution in [0.15, 0.2) is 30.3 Å². The molecule has 0 spiro atoms. The van der Waals surface area contributed by atoms with Crippen LogP contribution in [0.5, 0.6) is 0 Å². The Labute approximate surface area is 154 Å². The molecule has 1 N–H and O–H groups in total. The van der Waals surface area contributed by atoms with Gasteiger partial charge >= 0.3 is 0 Å². The number of hydrogen-bond donors (Lipinski definition) is 1. The molecule has 1 saturated heterocycles. The highest BCUT2D eigenvalue weighted by molar-refractivity contribution is 6.74. The summed E-state index contributed by atoms with van der Waals surface area (Å²) < 4.78 is 6.73. The Bertz CT molecular complexity index is 551. The van der Waals surface area contributed by atoms with Gasteiger partial charge in [-0.2, -0.15) is 0 Å². The highest BCUT2D eigenvalue weighted by Gasteiger charge is 2.39. The molecule has 1 amide bonds. The highest BCUT2D eigenvalue weighted by Crippen LogP contribution is 2.38. The number of amides is 1. The third-order valence-corrected chi connectivity index (χ3v) is 10.3. The molecule has 0 aromatic heterocycles. The fourth-order valence-corrected chi connectivity index (χ4v) is 4.57. The van der Waals surface area contributed by atoms with Crippen LogP contribution in [-0.4, -0.2) is 26.4 Å². The van der Waals surface area contributed by atoms with Gasteiger partial charge in [-0.3, -0.25) is 4.79 Å². The van der Waals surface area contributed by atoms with E-state index in [0.717, 1.165) is 32.1 Å². The number of hydrogen-bond acceptors (Lipinski definition) is 2. The minimum absolute atomic E-state index is 0.195. The quantitative estimate of drug-likeness (QED) is 0.657. The molecule has 0 aliphatic carbocycles. The molecular weight excluding hydrogens is 326 g/mol. The molecule has 2 atom stereocenters. The molecule has 0 saturated carbocycles. The minimum atomic E-state index is -1.80. The van der Waals surface area contributed by atoms with Crippen LogP contribution >= 0.6 is 0 Å². The van der Waals surface area contributed by atoms with Crippen molar-refractivity contribution in [3.63, 3.8) is 0 Å². The average Bonchev–Trinajstić information content (AvgIpc) is 2.92. The van der Waals surface area contributed by atoms with E-state index >= 15 is 0 Å². The van der Waals surface area contributed by atoms with Crippen molar-refractivity contribution in [2.45, 2.75) is 89.6 Å². The van der Waals surface area contributed by atoms with Gasteiger partial charge in [0.15, 0.2) is 8.32 Å². The Hall–Kier alpha value is -1.13. The molecule has 3 nitrogen and oxygen atoms in total. The van der Waals surface area contributed by atoms with E-state index in [4.69, 9.17) is 4.43 Å². The van der Waals surface area contributed by atoms with Gasteiger partial charge in [-0.05, 0) is 55.8 Å². The summed E-state index contributed by atoms with van der Waals surface area (Å²) in [6.07, 6.45) is 6.10. The minimum Gasteiger partial charge on any atom is -0.414 e. The number of aryl methyl sites for hydroxylation is 1. The summed E-state index contributed by atoms with van der Waals surface area (Å²) >= 11 is 0. The Morgan fingerprint density at radius 3 is 2.48 bits per heavy atom. The molecule has 0 bridgehead atoms. The zero-order chi connectivity index (χ0) is 18.5. The van der Waals surface area contributed by atoms with Crippen molar-refractivity contribution in [2.24, 2.45) is 0 Å². The molecular formula is C21H35NO2Si. The second kappa shape index (κ2) is 8.50. The predicted molar refractivity (Wildman–Crippen MR) is 107 cm³/mol. The van der Waals surface area contributed by atoms with Crippen LogP contribution in [0.3, 0.4) is 0 Å². The molecule has 1 fully saturated rings. The van der Waals surface area contributed by atoms with Crippen LogP contribution < -0.4 is 5.32 Å². The molecule has 140 valence electrons. The lowest BCUT2D eigenvalue weighted by Crippen LogP contribution is -2.45. The highest BCUT2D eigenvalue weighted by atomic mass is 28.4. The molecule has 1 aliphatic heterocycles.